The number of hydrogen-bond donors (Lipinski definition) is 2. The number of aromatic nitrogens is 2. The van der Waals surface area contributed by atoms with Crippen molar-refractivity contribution in [1.82, 2.24) is 15.3 Å². The van der Waals surface area contributed by atoms with Gasteiger partial charge >= 0.3 is 0 Å². The molecule has 1 heterocycles. The van der Waals surface area contributed by atoms with Gasteiger partial charge in [-0.05, 0) is 31.2 Å². The highest BCUT2D eigenvalue weighted by Gasteiger charge is 2.11. The van der Waals surface area contributed by atoms with Crippen molar-refractivity contribution in [1.29, 1.82) is 5.26 Å². The summed E-state index contributed by atoms with van der Waals surface area (Å²) in [6.45, 7) is 1.75. The largest absolute Gasteiger partial charge is 0.484 e. The van der Waals surface area contributed by atoms with Crippen LogP contribution in [-0.2, 0) is 4.79 Å². The number of carbonyl (C=O) groups is 1. The van der Waals surface area contributed by atoms with E-state index in [-0.39, 0.29) is 18.6 Å². The highest BCUT2D eigenvalue weighted by Crippen LogP contribution is 2.11. The summed E-state index contributed by atoms with van der Waals surface area (Å²) in [5, 5.41) is 11.4. The average molecular weight is 270 g/mol. The molecule has 0 spiro atoms. The van der Waals surface area contributed by atoms with Gasteiger partial charge in [0.2, 0.25) is 0 Å². The third-order valence-corrected chi connectivity index (χ3v) is 2.66. The van der Waals surface area contributed by atoms with E-state index in [1.807, 2.05) is 13.0 Å². The Bertz CT molecular complexity index is 599. The Morgan fingerprint density at radius 3 is 2.85 bits per heavy atom. The topological polar surface area (TPSA) is 90.8 Å². The van der Waals surface area contributed by atoms with Gasteiger partial charge in [0.1, 0.15) is 11.6 Å². The van der Waals surface area contributed by atoms with Crippen LogP contribution in [0.4, 0.5) is 0 Å². The molecule has 1 atom stereocenters. The molecule has 0 saturated heterocycles. The third kappa shape index (κ3) is 3.59. The van der Waals surface area contributed by atoms with Gasteiger partial charge in [-0.1, -0.05) is 0 Å². The Kier molecular flexibility index (Phi) is 4.35. The van der Waals surface area contributed by atoms with Crippen LogP contribution in [0.3, 0.4) is 0 Å². The van der Waals surface area contributed by atoms with Gasteiger partial charge in [-0.3, -0.25) is 4.79 Å². The van der Waals surface area contributed by atoms with Crippen molar-refractivity contribution in [2.45, 2.75) is 13.0 Å². The van der Waals surface area contributed by atoms with Gasteiger partial charge in [0.05, 0.1) is 17.7 Å². The maximum Gasteiger partial charge on any atom is 0.258 e. The molecule has 102 valence electrons. The van der Waals surface area contributed by atoms with Crippen LogP contribution in [0.25, 0.3) is 0 Å². The van der Waals surface area contributed by atoms with Crippen LogP contribution in [-0.4, -0.2) is 22.5 Å². The van der Waals surface area contributed by atoms with Gasteiger partial charge in [-0.15, -0.1) is 0 Å². The van der Waals surface area contributed by atoms with Crippen LogP contribution in [0.1, 0.15) is 24.4 Å². The molecule has 0 saturated carbocycles. The van der Waals surface area contributed by atoms with Crippen molar-refractivity contribution in [3.05, 3.63) is 48.0 Å². The first kappa shape index (κ1) is 13.6. The normalized spacial score (nSPS) is 11.4. The molecule has 2 rings (SSSR count). The fourth-order valence-electron chi connectivity index (χ4n) is 1.64. The minimum atomic E-state index is -0.238. The van der Waals surface area contributed by atoms with E-state index in [4.69, 9.17) is 10.00 Å². The number of amides is 1. The fourth-order valence-corrected chi connectivity index (χ4v) is 1.64. The van der Waals surface area contributed by atoms with E-state index in [9.17, 15) is 4.79 Å². The lowest BCUT2D eigenvalue weighted by Gasteiger charge is -2.12. The molecule has 0 radical (unpaired) electrons. The Morgan fingerprint density at radius 2 is 2.25 bits per heavy atom. The Hall–Kier alpha value is -2.81. The van der Waals surface area contributed by atoms with E-state index in [2.05, 4.69) is 15.3 Å². The summed E-state index contributed by atoms with van der Waals surface area (Å²) in [6.07, 6.45) is 3.33. The second-order valence-corrected chi connectivity index (χ2v) is 4.19. The molecule has 6 heteroatoms. The van der Waals surface area contributed by atoms with E-state index in [1.54, 1.807) is 36.7 Å². The molecule has 2 aromatic rings. The van der Waals surface area contributed by atoms with Gasteiger partial charge in [0, 0.05) is 12.4 Å². The zero-order chi connectivity index (χ0) is 14.4. The average Bonchev–Trinajstić information content (AvgIpc) is 3.00. The summed E-state index contributed by atoms with van der Waals surface area (Å²) in [6, 6.07) is 8.39. The number of ether oxygens (including phenoxy) is 1. The number of carbonyl (C=O) groups excluding carboxylic acids is 1. The molecule has 1 unspecified atom stereocenters. The molecule has 0 bridgehead atoms. The zero-order valence-electron chi connectivity index (χ0n) is 11.0. The van der Waals surface area contributed by atoms with Crippen molar-refractivity contribution in [2.75, 3.05) is 6.61 Å². The second kappa shape index (κ2) is 6.38. The second-order valence-electron chi connectivity index (χ2n) is 4.19. The van der Waals surface area contributed by atoms with Gasteiger partial charge in [-0.25, -0.2) is 4.98 Å². The number of aromatic amines is 1. The van der Waals surface area contributed by atoms with E-state index in [0.717, 1.165) is 0 Å². The fraction of sp³-hybridized carbons (Fsp3) is 0.214. The highest BCUT2D eigenvalue weighted by atomic mass is 16.5. The number of nitriles is 1. The summed E-state index contributed by atoms with van der Waals surface area (Å²) >= 11 is 0. The standard InChI is InChI=1S/C14H14N4O2/c1-10(14-16-6-7-17-14)18-13(19)9-20-12-4-2-11(8-15)3-5-12/h2-7,10H,9H2,1H3,(H,16,17)(H,18,19). The Balaban J connectivity index is 1.81. The number of imidazole rings is 1. The molecular weight excluding hydrogens is 256 g/mol. The molecular formula is C14H14N4O2. The lowest BCUT2D eigenvalue weighted by Crippen LogP contribution is -2.31. The van der Waals surface area contributed by atoms with Crippen molar-refractivity contribution in [2.24, 2.45) is 0 Å². The maximum atomic E-state index is 11.7. The number of benzene rings is 1. The maximum absolute atomic E-state index is 11.7. The van der Waals surface area contributed by atoms with Crippen molar-refractivity contribution >= 4 is 5.91 Å². The first-order chi connectivity index (χ1) is 9.69. The van der Waals surface area contributed by atoms with Crippen LogP contribution >= 0.6 is 0 Å². The summed E-state index contributed by atoms with van der Waals surface area (Å²) in [5.41, 5.74) is 0.549. The highest BCUT2D eigenvalue weighted by molar-refractivity contribution is 5.77. The Labute approximate surface area is 116 Å². The van der Waals surface area contributed by atoms with Crippen LogP contribution < -0.4 is 10.1 Å². The molecule has 1 amide bonds. The molecule has 2 N–H and O–H groups in total. The molecule has 0 fully saturated rings. The van der Waals surface area contributed by atoms with Crippen LogP contribution in [0.5, 0.6) is 5.75 Å². The summed E-state index contributed by atoms with van der Waals surface area (Å²) in [4.78, 5) is 18.7. The minimum Gasteiger partial charge on any atom is -0.484 e. The smallest absolute Gasteiger partial charge is 0.258 e. The number of hydrogen-bond acceptors (Lipinski definition) is 4. The first-order valence-corrected chi connectivity index (χ1v) is 6.10. The van der Waals surface area contributed by atoms with Crippen molar-refractivity contribution in [3.8, 4) is 11.8 Å². The molecule has 20 heavy (non-hydrogen) atoms. The predicted molar refractivity (Wildman–Crippen MR) is 71.8 cm³/mol. The van der Waals surface area contributed by atoms with Gasteiger partial charge < -0.3 is 15.0 Å². The SMILES string of the molecule is CC(NC(=O)COc1ccc(C#N)cc1)c1ncc[nH]1. The monoisotopic (exact) mass is 270 g/mol. The number of nitrogens with one attached hydrogen (secondary N) is 2. The zero-order valence-corrected chi connectivity index (χ0v) is 11.0. The lowest BCUT2D eigenvalue weighted by molar-refractivity contribution is -0.123. The first-order valence-electron chi connectivity index (χ1n) is 6.10. The molecule has 1 aromatic carbocycles. The van der Waals surface area contributed by atoms with E-state index in [0.29, 0.717) is 17.1 Å². The van der Waals surface area contributed by atoms with Gasteiger partial charge in [0.15, 0.2) is 6.61 Å². The van der Waals surface area contributed by atoms with E-state index >= 15 is 0 Å². The molecule has 0 aliphatic heterocycles. The summed E-state index contributed by atoms with van der Waals surface area (Å²) < 4.78 is 5.33. The summed E-state index contributed by atoms with van der Waals surface area (Å²) in [7, 11) is 0. The molecule has 6 nitrogen and oxygen atoms in total. The predicted octanol–water partition coefficient (Wildman–Crippen LogP) is 1.54. The number of nitrogens with zero attached hydrogens (tertiary/aromatic N) is 2. The number of rotatable bonds is 5. The van der Waals surface area contributed by atoms with Gasteiger partial charge in [-0.2, -0.15) is 5.26 Å². The Morgan fingerprint density at radius 1 is 1.50 bits per heavy atom. The molecule has 1 aromatic heterocycles. The third-order valence-electron chi connectivity index (χ3n) is 2.66. The van der Waals surface area contributed by atoms with E-state index < -0.39 is 0 Å². The van der Waals surface area contributed by atoms with Crippen LogP contribution in [0, 0.1) is 11.3 Å². The minimum absolute atomic E-state index is 0.0864. The van der Waals surface area contributed by atoms with Crippen molar-refractivity contribution in [3.63, 3.8) is 0 Å². The van der Waals surface area contributed by atoms with Crippen LogP contribution in [0.2, 0.25) is 0 Å². The lowest BCUT2D eigenvalue weighted by atomic mass is 10.2. The number of H-pyrrole nitrogens is 1. The van der Waals surface area contributed by atoms with Gasteiger partial charge in [0.25, 0.3) is 5.91 Å². The van der Waals surface area contributed by atoms with Crippen LogP contribution in [0.15, 0.2) is 36.7 Å². The quantitative estimate of drug-likeness (QED) is 0.862. The molecule has 0 aliphatic carbocycles. The molecule has 0 aliphatic rings. The van der Waals surface area contributed by atoms with Crippen molar-refractivity contribution < 1.29 is 9.53 Å². The van der Waals surface area contributed by atoms with E-state index in [1.165, 1.54) is 0 Å². The summed E-state index contributed by atoms with van der Waals surface area (Å²) in [5.74, 6) is 1.000.